The molecule has 0 aliphatic rings. The van der Waals surface area contributed by atoms with E-state index in [1.807, 2.05) is 43.3 Å². The van der Waals surface area contributed by atoms with Crippen LogP contribution in [0.2, 0.25) is 0 Å². The molecular weight excluding hydrogens is 344 g/mol. The Bertz CT molecular complexity index is 1130. The highest BCUT2D eigenvalue weighted by atomic mass is 32.2. The van der Waals surface area contributed by atoms with Crippen LogP contribution >= 0.6 is 11.8 Å². The molecule has 6 heteroatoms. The summed E-state index contributed by atoms with van der Waals surface area (Å²) in [6, 6.07) is 16.2. The van der Waals surface area contributed by atoms with Crippen LogP contribution in [0.1, 0.15) is 16.7 Å². The molecule has 0 saturated heterocycles. The van der Waals surface area contributed by atoms with Crippen LogP contribution in [0.5, 0.6) is 0 Å². The summed E-state index contributed by atoms with van der Waals surface area (Å²) < 4.78 is 1.71. The number of rotatable bonds is 4. The smallest absolute Gasteiger partial charge is 0.262 e. The number of hydrogen-bond donors (Lipinski definition) is 1. The van der Waals surface area contributed by atoms with Crippen molar-refractivity contribution in [1.82, 2.24) is 19.7 Å². The predicted molar refractivity (Wildman–Crippen MR) is 105 cm³/mol. The zero-order valence-corrected chi connectivity index (χ0v) is 15.4. The predicted octanol–water partition coefficient (Wildman–Crippen LogP) is 4.02. The molecule has 0 aliphatic carbocycles. The second-order valence-corrected chi connectivity index (χ2v) is 7.18. The average molecular weight is 362 g/mol. The number of aryl methyl sites for hydroxylation is 2. The fourth-order valence-electron chi connectivity index (χ4n) is 2.76. The lowest BCUT2D eigenvalue weighted by Crippen LogP contribution is -2.09. The van der Waals surface area contributed by atoms with E-state index in [9.17, 15) is 4.79 Å². The number of thioether (sulfide) groups is 1. The monoisotopic (exact) mass is 362 g/mol. The summed E-state index contributed by atoms with van der Waals surface area (Å²) in [5.41, 5.74) is 4.93. The van der Waals surface area contributed by atoms with Gasteiger partial charge in [-0.1, -0.05) is 53.7 Å². The van der Waals surface area contributed by atoms with Crippen LogP contribution in [0.4, 0.5) is 0 Å². The van der Waals surface area contributed by atoms with Crippen LogP contribution in [0, 0.1) is 13.8 Å². The van der Waals surface area contributed by atoms with Gasteiger partial charge in [0, 0.05) is 5.75 Å². The standard InChI is InChI=1S/C20H18N4OS/c1-13-7-9-16(10-8-13)24-18-17(11-21-24)19(25)23-20(22-18)26-12-15-6-4-3-5-14(15)2/h3-11H,12H2,1-2H3,(H,22,23,25). The first kappa shape index (κ1) is 16.6. The number of nitrogens with one attached hydrogen (secondary N) is 1. The summed E-state index contributed by atoms with van der Waals surface area (Å²) in [6.45, 7) is 4.12. The maximum atomic E-state index is 12.4. The number of benzene rings is 2. The molecule has 26 heavy (non-hydrogen) atoms. The molecule has 0 aliphatic heterocycles. The maximum Gasteiger partial charge on any atom is 0.262 e. The Labute approximate surface area is 155 Å². The summed E-state index contributed by atoms with van der Waals surface area (Å²) in [4.78, 5) is 19.9. The van der Waals surface area contributed by atoms with E-state index >= 15 is 0 Å². The van der Waals surface area contributed by atoms with Crippen molar-refractivity contribution in [2.75, 3.05) is 0 Å². The third-order valence-corrected chi connectivity index (χ3v) is 5.24. The van der Waals surface area contributed by atoms with Crippen molar-refractivity contribution in [3.63, 3.8) is 0 Å². The summed E-state index contributed by atoms with van der Waals surface area (Å²) in [5, 5.41) is 5.44. The molecule has 0 unspecified atom stereocenters. The van der Waals surface area contributed by atoms with Crippen molar-refractivity contribution in [3.05, 3.63) is 81.8 Å². The zero-order valence-electron chi connectivity index (χ0n) is 14.6. The van der Waals surface area contributed by atoms with Gasteiger partial charge in [-0.25, -0.2) is 9.67 Å². The molecule has 130 valence electrons. The first-order chi connectivity index (χ1) is 12.6. The van der Waals surface area contributed by atoms with E-state index in [1.54, 1.807) is 10.9 Å². The molecule has 5 nitrogen and oxygen atoms in total. The average Bonchev–Trinajstić information content (AvgIpc) is 3.06. The zero-order chi connectivity index (χ0) is 18.1. The second-order valence-electron chi connectivity index (χ2n) is 6.22. The van der Waals surface area contributed by atoms with E-state index in [4.69, 9.17) is 0 Å². The molecule has 0 bridgehead atoms. The van der Waals surface area contributed by atoms with Gasteiger partial charge in [-0.2, -0.15) is 5.10 Å². The lowest BCUT2D eigenvalue weighted by atomic mass is 10.1. The molecule has 0 atom stereocenters. The number of aromatic nitrogens is 4. The molecule has 2 heterocycles. The van der Waals surface area contributed by atoms with E-state index in [-0.39, 0.29) is 5.56 Å². The highest BCUT2D eigenvalue weighted by Gasteiger charge is 2.12. The summed E-state index contributed by atoms with van der Waals surface area (Å²) in [7, 11) is 0. The number of nitrogens with zero attached hydrogens (tertiary/aromatic N) is 3. The molecule has 0 radical (unpaired) electrons. The molecule has 0 amide bonds. The van der Waals surface area contributed by atoms with Gasteiger partial charge >= 0.3 is 0 Å². The Balaban J connectivity index is 1.71. The molecule has 0 fully saturated rings. The van der Waals surface area contributed by atoms with Gasteiger partial charge in [0.1, 0.15) is 5.39 Å². The number of fused-ring (bicyclic) bond motifs is 1. The van der Waals surface area contributed by atoms with Crippen molar-refractivity contribution >= 4 is 22.8 Å². The van der Waals surface area contributed by atoms with Crippen LogP contribution in [0.15, 0.2) is 64.7 Å². The summed E-state index contributed by atoms with van der Waals surface area (Å²) >= 11 is 1.52. The minimum Gasteiger partial charge on any atom is -0.301 e. The highest BCUT2D eigenvalue weighted by Crippen LogP contribution is 2.22. The quantitative estimate of drug-likeness (QED) is 0.440. The first-order valence-corrected chi connectivity index (χ1v) is 9.33. The Kier molecular flexibility index (Phi) is 4.34. The SMILES string of the molecule is Cc1ccc(-n2ncc3c(=O)[nH]c(SCc4ccccc4C)nc32)cc1. The number of hydrogen-bond acceptors (Lipinski definition) is 4. The van der Waals surface area contributed by atoms with Gasteiger partial charge in [-0.15, -0.1) is 0 Å². The molecule has 2 aromatic heterocycles. The minimum absolute atomic E-state index is 0.166. The number of H-pyrrole nitrogens is 1. The Morgan fingerprint density at radius 3 is 2.62 bits per heavy atom. The van der Waals surface area contributed by atoms with E-state index in [0.717, 1.165) is 11.4 Å². The van der Waals surface area contributed by atoms with Gasteiger partial charge in [-0.3, -0.25) is 4.79 Å². The normalized spacial score (nSPS) is 11.2. The molecule has 0 spiro atoms. The van der Waals surface area contributed by atoms with Crippen LogP contribution in [-0.4, -0.2) is 19.7 Å². The summed E-state index contributed by atoms with van der Waals surface area (Å²) in [5.74, 6) is 0.750. The van der Waals surface area contributed by atoms with Crippen molar-refractivity contribution in [2.24, 2.45) is 0 Å². The maximum absolute atomic E-state index is 12.4. The molecular formula is C20H18N4OS. The third-order valence-electron chi connectivity index (χ3n) is 4.32. The van der Waals surface area contributed by atoms with Gasteiger partial charge in [0.2, 0.25) is 0 Å². The van der Waals surface area contributed by atoms with Gasteiger partial charge in [0.25, 0.3) is 5.56 Å². The molecule has 4 aromatic rings. The van der Waals surface area contributed by atoms with Crippen LogP contribution in [-0.2, 0) is 5.75 Å². The fourth-order valence-corrected chi connectivity index (χ4v) is 3.69. The van der Waals surface area contributed by atoms with E-state index in [2.05, 4.69) is 34.1 Å². The number of aromatic amines is 1. The second kappa shape index (κ2) is 6.80. The lowest BCUT2D eigenvalue weighted by molar-refractivity contribution is 0.872. The Morgan fingerprint density at radius 1 is 1.08 bits per heavy atom. The molecule has 0 saturated carbocycles. The summed E-state index contributed by atoms with van der Waals surface area (Å²) in [6.07, 6.45) is 1.57. The molecule has 4 rings (SSSR count). The van der Waals surface area contributed by atoms with Gasteiger partial charge < -0.3 is 4.98 Å². The lowest BCUT2D eigenvalue weighted by Gasteiger charge is -2.06. The highest BCUT2D eigenvalue weighted by molar-refractivity contribution is 7.98. The largest absolute Gasteiger partial charge is 0.301 e. The van der Waals surface area contributed by atoms with E-state index in [0.29, 0.717) is 16.2 Å². The Hall–Kier alpha value is -2.86. The van der Waals surface area contributed by atoms with Crippen molar-refractivity contribution in [2.45, 2.75) is 24.8 Å². The molecule has 2 aromatic carbocycles. The van der Waals surface area contributed by atoms with Crippen molar-refractivity contribution in [1.29, 1.82) is 0 Å². The van der Waals surface area contributed by atoms with Gasteiger partial charge in [0.05, 0.1) is 11.9 Å². The minimum atomic E-state index is -0.166. The first-order valence-electron chi connectivity index (χ1n) is 8.34. The van der Waals surface area contributed by atoms with Crippen LogP contribution < -0.4 is 5.56 Å². The fraction of sp³-hybridized carbons (Fsp3) is 0.150. The van der Waals surface area contributed by atoms with Gasteiger partial charge in [-0.05, 0) is 37.1 Å². The van der Waals surface area contributed by atoms with Crippen molar-refractivity contribution in [3.8, 4) is 5.69 Å². The van der Waals surface area contributed by atoms with Gasteiger partial charge in [0.15, 0.2) is 10.8 Å². The van der Waals surface area contributed by atoms with E-state index < -0.39 is 0 Å². The van der Waals surface area contributed by atoms with E-state index in [1.165, 1.54) is 28.5 Å². The molecule has 1 N–H and O–H groups in total. The topological polar surface area (TPSA) is 63.6 Å². The van der Waals surface area contributed by atoms with Crippen LogP contribution in [0.3, 0.4) is 0 Å². The third kappa shape index (κ3) is 3.15. The van der Waals surface area contributed by atoms with Crippen LogP contribution in [0.25, 0.3) is 16.7 Å². The Morgan fingerprint density at radius 2 is 1.85 bits per heavy atom. The van der Waals surface area contributed by atoms with Crippen molar-refractivity contribution < 1.29 is 0 Å².